The number of benzene rings is 2. The molecule has 2 aromatic carbocycles. The van der Waals surface area contributed by atoms with Crippen molar-refractivity contribution in [2.24, 2.45) is 5.92 Å². The average molecular weight is 295 g/mol. The summed E-state index contributed by atoms with van der Waals surface area (Å²) in [4.78, 5) is 0. The molecule has 0 spiro atoms. The van der Waals surface area contributed by atoms with Crippen LogP contribution >= 0.6 is 0 Å². The molecule has 0 unspecified atom stereocenters. The molecule has 1 fully saturated rings. The van der Waals surface area contributed by atoms with Gasteiger partial charge in [0.1, 0.15) is 11.5 Å². The van der Waals surface area contributed by atoms with E-state index in [-0.39, 0.29) is 0 Å². The van der Waals surface area contributed by atoms with Crippen LogP contribution in [-0.2, 0) is 0 Å². The van der Waals surface area contributed by atoms with Crippen molar-refractivity contribution < 1.29 is 9.47 Å². The van der Waals surface area contributed by atoms with E-state index < -0.39 is 0 Å². The topological polar surface area (TPSA) is 18.5 Å². The number of hydrogen-bond donors (Lipinski definition) is 0. The third kappa shape index (κ3) is 3.82. The molecule has 2 heteroatoms. The van der Waals surface area contributed by atoms with Crippen LogP contribution in [0.5, 0.6) is 11.5 Å². The van der Waals surface area contributed by atoms with Gasteiger partial charge in [-0.1, -0.05) is 24.3 Å². The van der Waals surface area contributed by atoms with E-state index in [1.165, 1.54) is 36.8 Å². The standard InChI is InChI=1S/C20H23O2/c1-21-19-11-7-17(8-12-19)18-9-13-20(14-10-18)22-15-16-5-3-2-4-6-16/h2,7-14,16H,3-6,15H2,1H3. The van der Waals surface area contributed by atoms with Crippen molar-refractivity contribution in [3.05, 3.63) is 55.0 Å². The van der Waals surface area contributed by atoms with Crippen LogP contribution in [0, 0.1) is 12.3 Å². The van der Waals surface area contributed by atoms with Crippen molar-refractivity contribution in [1.29, 1.82) is 0 Å². The van der Waals surface area contributed by atoms with E-state index in [0.29, 0.717) is 5.92 Å². The van der Waals surface area contributed by atoms with E-state index in [2.05, 4.69) is 42.8 Å². The van der Waals surface area contributed by atoms with Crippen molar-refractivity contribution in [2.75, 3.05) is 13.7 Å². The summed E-state index contributed by atoms with van der Waals surface area (Å²) in [5.41, 5.74) is 2.39. The lowest BCUT2D eigenvalue weighted by molar-refractivity contribution is 0.221. The Morgan fingerprint density at radius 1 is 0.818 bits per heavy atom. The highest BCUT2D eigenvalue weighted by Gasteiger charge is 2.14. The van der Waals surface area contributed by atoms with Crippen LogP contribution in [0.4, 0.5) is 0 Å². The maximum atomic E-state index is 5.94. The zero-order chi connectivity index (χ0) is 15.2. The fraction of sp³-hybridized carbons (Fsp3) is 0.350. The molecule has 0 bridgehead atoms. The smallest absolute Gasteiger partial charge is 0.119 e. The second-order valence-electron chi connectivity index (χ2n) is 5.87. The predicted molar refractivity (Wildman–Crippen MR) is 90.2 cm³/mol. The van der Waals surface area contributed by atoms with Crippen molar-refractivity contribution in [1.82, 2.24) is 0 Å². The Bertz CT molecular complexity index is 566. The maximum Gasteiger partial charge on any atom is 0.119 e. The van der Waals surface area contributed by atoms with Crippen molar-refractivity contribution in [2.45, 2.75) is 25.7 Å². The van der Waals surface area contributed by atoms with Gasteiger partial charge in [0, 0.05) is 0 Å². The summed E-state index contributed by atoms with van der Waals surface area (Å²) in [5, 5.41) is 0. The van der Waals surface area contributed by atoms with Crippen LogP contribution < -0.4 is 9.47 Å². The Morgan fingerprint density at radius 2 is 1.36 bits per heavy atom. The molecule has 1 aliphatic rings. The van der Waals surface area contributed by atoms with E-state index in [1.54, 1.807) is 7.11 Å². The van der Waals surface area contributed by atoms with E-state index in [4.69, 9.17) is 9.47 Å². The molecule has 1 radical (unpaired) electrons. The summed E-state index contributed by atoms with van der Waals surface area (Å²) in [6.45, 7) is 0.843. The highest BCUT2D eigenvalue weighted by Crippen LogP contribution is 2.26. The summed E-state index contributed by atoms with van der Waals surface area (Å²) < 4.78 is 11.1. The molecule has 3 rings (SSSR count). The van der Waals surface area contributed by atoms with E-state index in [9.17, 15) is 0 Å². The largest absolute Gasteiger partial charge is 0.497 e. The van der Waals surface area contributed by atoms with Gasteiger partial charge in [-0.25, -0.2) is 0 Å². The molecule has 0 atom stereocenters. The normalized spacial score (nSPS) is 15.5. The third-order valence-electron chi connectivity index (χ3n) is 4.32. The predicted octanol–water partition coefficient (Wildman–Crippen LogP) is 5.14. The molecule has 1 saturated carbocycles. The highest BCUT2D eigenvalue weighted by molar-refractivity contribution is 5.64. The van der Waals surface area contributed by atoms with Crippen molar-refractivity contribution >= 4 is 0 Å². The van der Waals surface area contributed by atoms with Gasteiger partial charge < -0.3 is 9.47 Å². The van der Waals surface area contributed by atoms with Gasteiger partial charge in [-0.2, -0.15) is 0 Å². The van der Waals surface area contributed by atoms with Gasteiger partial charge in [0.2, 0.25) is 0 Å². The Hall–Kier alpha value is -1.96. The van der Waals surface area contributed by atoms with Crippen molar-refractivity contribution in [3.8, 4) is 22.6 Å². The number of hydrogen-bond acceptors (Lipinski definition) is 2. The summed E-state index contributed by atoms with van der Waals surface area (Å²) in [6.07, 6.45) is 7.41. The maximum absolute atomic E-state index is 5.94. The molecule has 2 nitrogen and oxygen atoms in total. The van der Waals surface area contributed by atoms with Crippen LogP contribution in [-0.4, -0.2) is 13.7 Å². The van der Waals surface area contributed by atoms with Crippen LogP contribution in [0.25, 0.3) is 11.1 Å². The molecular weight excluding hydrogens is 272 g/mol. The monoisotopic (exact) mass is 295 g/mol. The Balaban J connectivity index is 1.59. The van der Waals surface area contributed by atoms with Crippen LogP contribution in [0.2, 0.25) is 0 Å². The fourth-order valence-corrected chi connectivity index (χ4v) is 2.90. The van der Waals surface area contributed by atoms with E-state index in [0.717, 1.165) is 18.1 Å². The lowest BCUT2D eigenvalue weighted by Crippen LogP contribution is -2.15. The molecule has 22 heavy (non-hydrogen) atoms. The molecule has 0 heterocycles. The molecule has 2 aromatic rings. The quantitative estimate of drug-likeness (QED) is 0.760. The minimum atomic E-state index is 0.714. The molecule has 0 amide bonds. The number of ether oxygens (including phenoxy) is 2. The first kappa shape index (κ1) is 15.0. The summed E-state index contributed by atoms with van der Waals surface area (Å²) in [6, 6.07) is 16.5. The summed E-state index contributed by atoms with van der Waals surface area (Å²) in [7, 11) is 1.69. The lowest BCUT2D eigenvalue weighted by Gasteiger charge is -2.21. The van der Waals surface area contributed by atoms with Crippen LogP contribution in [0.3, 0.4) is 0 Å². The second kappa shape index (κ2) is 7.35. The Morgan fingerprint density at radius 3 is 1.91 bits per heavy atom. The van der Waals surface area contributed by atoms with E-state index in [1.807, 2.05) is 12.1 Å². The second-order valence-corrected chi connectivity index (χ2v) is 5.87. The minimum Gasteiger partial charge on any atom is -0.497 e. The van der Waals surface area contributed by atoms with Crippen LogP contribution in [0.1, 0.15) is 25.7 Å². The molecular formula is C20H23O2. The fourth-order valence-electron chi connectivity index (χ4n) is 2.90. The summed E-state index contributed by atoms with van der Waals surface area (Å²) >= 11 is 0. The van der Waals surface area contributed by atoms with E-state index >= 15 is 0 Å². The van der Waals surface area contributed by atoms with Gasteiger partial charge >= 0.3 is 0 Å². The third-order valence-corrected chi connectivity index (χ3v) is 4.32. The van der Waals surface area contributed by atoms with Gasteiger partial charge in [0.15, 0.2) is 0 Å². The average Bonchev–Trinajstić information content (AvgIpc) is 2.61. The first-order valence-electron chi connectivity index (χ1n) is 8.04. The summed E-state index contributed by atoms with van der Waals surface area (Å²) in [5.74, 6) is 2.56. The minimum absolute atomic E-state index is 0.714. The lowest BCUT2D eigenvalue weighted by atomic mass is 9.90. The number of methoxy groups -OCH3 is 1. The van der Waals surface area contributed by atoms with Gasteiger partial charge in [0.25, 0.3) is 0 Å². The first-order valence-corrected chi connectivity index (χ1v) is 8.04. The zero-order valence-electron chi connectivity index (χ0n) is 13.1. The molecule has 0 saturated heterocycles. The molecule has 0 aromatic heterocycles. The van der Waals surface area contributed by atoms with Gasteiger partial charge in [-0.15, -0.1) is 0 Å². The van der Waals surface area contributed by atoms with Gasteiger partial charge in [0.05, 0.1) is 13.7 Å². The molecule has 0 aliphatic heterocycles. The Labute approximate surface area is 133 Å². The highest BCUT2D eigenvalue weighted by atomic mass is 16.5. The SMILES string of the molecule is COc1ccc(-c2ccc(OCC3CC[CH]CC3)cc2)cc1. The van der Waals surface area contributed by atoms with Crippen LogP contribution in [0.15, 0.2) is 48.5 Å². The Kier molecular flexibility index (Phi) is 4.99. The number of rotatable bonds is 5. The van der Waals surface area contributed by atoms with Gasteiger partial charge in [-0.3, -0.25) is 0 Å². The van der Waals surface area contributed by atoms with Gasteiger partial charge in [-0.05, 0) is 73.4 Å². The molecule has 1 aliphatic carbocycles. The zero-order valence-corrected chi connectivity index (χ0v) is 13.1. The molecule has 115 valence electrons. The molecule has 0 N–H and O–H groups in total. The first-order chi connectivity index (χ1) is 10.8. The van der Waals surface area contributed by atoms with Crippen molar-refractivity contribution in [3.63, 3.8) is 0 Å².